The van der Waals surface area contributed by atoms with Crippen LogP contribution in [0.25, 0.3) is 6.08 Å². The van der Waals surface area contributed by atoms with Gasteiger partial charge in [-0.2, -0.15) is 0 Å². The van der Waals surface area contributed by atoms with Gasteiger partial charge in [-0.05, 0) is 43.2 Å². The van der Waals surface area contributed by atoms with Gasteiger partial charge in [0.25, 0.3) is 11.6 Å². The summed E-state index contributed by atoms with van der Waals surface area (Å²) in [6.45, 7) is 3.52. The van der Waals surface area contributed by atoms with Crippen molar-refractivity contribution in [2.24, 2.45) is 0 Å². The van der Waals surface area contributed by atoms with Crippen molar-refractivity contribution < 1.29 is 19.2 Å². The number of benzene rings is 2. The van der Waals surface area contributed by atoms with E-state index in [1.807, 2.05) is 30.3 Å². The second-order valence-electron chi connectivity index (χ2n) is 6.67. The fraction of sp³-hybridized carbons (Fsp3) is 0.200. The molecule has 1 saturated heterocycles. The Morgan fingerprint density at radius 1 is 1.15 bits per heavy atom. The summed E-state index contributed by atoms with van der Waals surface area (Å²) in [5, 5.41) is 10.7. The van der Waals surface area contributed by atoms with Crippen molar-refractivity contribution in [1.82, 2.24) is 4.90 Å². The van der Waals surface area contributed by atoms with E-state index in [9.17, 15) is 19.7 Å². The van der Waals surface area contributed by atoms with E-state index in [2.05, 4.69) is 0 Å². The second-order valence-corrected chi connectivity index (χ2v) is 6.67. The lowest BCUT2D eigenvalue weighted by molar-refractivity contribution is -0.384. The molecule has 0 bridgehead atoms. The van der Waals surface area contributed by atoms with Crippen LogP contribution in [0.1, 0.15) is 31.0 Å². The fourth-order valence-electron chi connectivity index (χ4n) is 3.10. The maximum Gasteiger partial charge on any atom is 0.418 e. The largest absolute Gasteiger partial charge is 0.440 e. The highest BCUT2D eigenvalue weighted by atomic mass is 16.6. The Bertz CT molecular complexity index is 904. The van der Waals surface area contributed by atoms with Gasteiger partial charge in [0.2, 0.25) is 0 Å². The van der Waals surface area contributed by atoms with Crippen LogP contribution in [-0.4, -0.2) is 27.4 Å². The van der Waals surface area contributed by atoms with Gasteiger partial charge < -0.3 is 4.74 Å². The number of nitro benzene ring substituents is 1. The van der Waals surface area contributed by atoms with E-state index >= 15 is 0 Å². The van der Waals surface area contributed by atoms with E-state index in [1.54, 1.807) is 13.8 Å². The smallest absolute Gasteiger partial charge is 0.418 e. The third kappa shape index (κ3) is 3.72. The number of carbonyl (C=O) groups excluding carboxylic acids is 2. The molecule has 2 aromatic carbocycles. The van der Waals surface area contributed by atoms with Gasteiger partial charge in [0.1, 0.15) is 11.6 Å². The van der Waals surface area contributed by atoms with E-state index in [-0.39, 0.29) is 5.69 Å². The third-order valence-electron chi connectivity index (χ3n) is 4.34. The summed E-state index contributed by atoms with van der Waals surface area (Å²) >= 11 is 0. The van der Waals surface area contributed by atoms with E-state index in [4.69, 9.17) is 4.74 Å². The molecule has 7 heteroatoms. The number of imide groups is 1. The highest BCUT2D eigenvalue weighted by Gasteiger charge is 2.50. The van der Waals surface area contributed by atoms with Gasteiger partial charge in [-0.3, -0.25) is 14.9 Å². The average Bonchev–Trinajstić information content (AvgIpc) is 2.89. The first-order chi connectivity index (χ1) is 12.8. The normalized spacial score (nSPS) is 18.5. The first kappa shape index (κ1) is 18.3. The molecule has 0 spiro atoms. The van der Waals surface area contributed by atoms with E-state index < -0.39 is 28.6 Å². The molecule has 0 radical (unpaired) electrons. The molecule has 0 N–H and O–H groups in total. The topological polar surface area (TPSA) is 89.8 Å². The van der Waals surface area contributed by atoms with Crippen molar-refractivity contribution in [2.75, 3.05) is 0 Å². The van der Waals surface area contributed by atoms with Crippen LogP contribution < -0.4 is 0 Å². The zero-order valence-electron chi connectivity index (χ0n) is 14.9. The molecule has 0 aliphatic carbocycles. The molecule has 0 unspecified atom stereocenters. The molecule has 1 aliphatic heterocycles. The van der Waals surface area contributed by atoms with Crippen LogP contribution in [0.15, 0.2) is 60.7 Å². The first-order valence-electron chi connectivity index (χ1n) is 8.33. The highest BCUT2D eigenvalue weighted by molar-refractivity contribution is 6.02. The lowest BCUT2D eigenvalue weighted by atomic mass is 9.91. The predicted molar refractivity (Wildman–Crippen MR) is 98.7 cm³/mol. The maximum absolute atomic E-state index is 12.7. The predicted octanol–water partition coefficient (Wildman–Crippen LogP) is 4.11. The number of carbonyl (C=O) groups is 2. The van der Waals surface area contributed by atoms with Gasteiger partial charge in [0.05, 0.1) is 4.92 Å². The molecule has 2 amide bonds. The molecule has 0 saturated carbocycles. The lowest BCUT2D eigenvalue weighted by Gasteiger charge is -2.27. The van der Waals surface area contributed by atoms with Gasteiger partial charge >= 0.3 is 6.09 Å². The third-order valence-corrected chi connectivity index (χ3v) is 4.34. The Balaban J connectivity index is 1.85. The SMILES string of the molecule is CC1(C)OC(=O)N(C(=O)/C=C/c2ccc([N+](=O)[O-])cc2)[C@@H]1c1ccccc1. The summed E-state index contributed by atoms with van der Waals surface area (Å²) in [6, 6.07) is 14.4. The summed E-state index contributed by atoms with van der Waals surface area (Å²) in [6.07, 6.45) is 2.07. The number of hydrogen-bond acceptors (Lipinski definition) is 5. The molecule has 3 rings (SSSR count). The summed E-state index contributed by atoms with van der Waals surface area (Å²) in [7, 11) is 0. The number of nitro groups is 1. The van der Waals surface area contributed by atoms with Crippen molar-refractivity contribution in [3.05, 3.63) is 81.9 Å². The van der Waals surface area contributed by atoms with Gasteiger partial charge in [-0.15, -0.1) is 0 Å². The molecular weight excluding hydrogens is 348 g/mol. The van der Waals surface area contributed by atoms with Crippen LogP contribution in [0.2, 0.25) is 0 Å². The molecule has 7 nitrogen and oxygen atoms in total. The molecule has 138 valence electrons. The second kappa shape index (κ2) is 7.03. The molecule has 27 heavy (non-hydrogen) atoms. The number of nitrogens with zero attached hydrogens (tertiary/aromatic N) is 2. The van der Waals surface area contributed by atoms with Crippen LogP contribution in [0.3, 0.4) is 0 Å². The number of amides is 2. The molecule has 1 heterocycles. The highest BCUT2D eigenvalue weighted by Crippen LogP contribution is 2.41. The number of hydrogen-bond donors (Lipinski definition) is 0. The van der Waals surface area contributed by atoms with Gasteiger partial charge in [-0.1, -0.05) is 30.3 Å². The van der Waals surface area contributed by atoms with Crippen LogP contribution in [0.5, 0.6) is 0 Å². The minimum Gasteiger partial charge on any atom is -0.440 e. The fourth-order valence-corrected chi connectivity index (χ4v) is 3.10. The van der Waals surface area contributed by atoms with Crippen LogP contribution in [0.4, 0.5) is 10.5 Å². The van der Waals surface area contributed by atoms with E-state index in [0.717, 1.165) is 10.5 Å². The number of rotatable bonds is 4. The van der Waals surface area contributed by atoms with Gasteiger partial charge in [0, 0.05) is 18.2 Å². The number of ether oxygens (including phenoxy) is 1. The van der Waals surface area contributed by atoms with Crippen LogP contribution in [-0.2, 0) is 9.53 Å². The minimum atomic E-state index is -0.866. The van der Waals surface area contributed by atoms with Crippen molar-refractivity contribution in [1.29, 1.82) is 0 Å². The summed E-state index contributed by atoms with van der Waals surface area (Å²) in [5.41, 5.74) is 0.505. The lowest BCUT2D eigenvalue weighted by Crippen LogP contribution is -2.37. The quantitative estimate of drug-likeness (QED) is 0.461. The van der Waals surface area contributed by atoms with Gasteiger partial charge in [-0.25, -0.2) is 9.69 Å². The number of cyclic esters (lactones) is 1. The summed E-state index contributed by atoms with van der Waals surface area (Å²) < 4.78 is 5.40. The van der Waals surface area contributed by atoms with E-state index in [1.165, 1.54) is 36.4 Å². The van der Waals surface area contributed by atoms with Crippen molar-refractivity contribution in [2.45, 2.75) is 25.5 Å². The van der Waals surface area contributed by atoms with Crippen molar-refractivity contribution >= 4 is 23.8 Å². The Kier molecular flexibility index (Phi) is 4.77. The zero-order chi connectivity index (χ0) is 19.6. The monoisotopic (exact) mass is 366 g/mol. The van der Waals surface area contributed by atoms with Crippen molar-refractivity contribution in [3.63, 3.8) is 0 Å². The Labute approximate surface area is 156 Å². The van der Waals surface area contributed by atoms with Crippen LogP contribution >= 0.6 is 0 Å². The van der Waals surface area contributed by atoms with Crippen LogP contribution in [0, 0.1) is 10.1 Å². The van der Waals surface area contributed by atoms with E-state index in [0.29, 0.717) is 5.56 Å². The Hall–Kier alpha value is -3.48. The minimum absolute atomic E-state index is 0.0347. The Morgan fingerprint density at radius 3 is 2.37 bits per heavy atom. The number of non-ortho nitro benzene ring substituents is 1. The molecular formula is C20H18N2O5. The van der Waals surface area contributed by atoms with Gasteiger partial charge in [0.15, 0.2) is 0 Å². The molecule has 1 aliphatic rings. The summed E-state index contributed by atoms with van der Waals surface area (Å²) in [4.78, 5) is 36.3. The first-order valence-corrected chi connectivity index (χ1v) is 8.33. The molecule has 0 aromatic heterocycles. The Morgan fingerprint density at radius 2 is 1.78 bits per heavy atom. The molecule has 1 fully saturated rings. The standard InChI is InChI=1S/C20H18N2O5/c1-20(2)18(15-6-4-3-5-7-15)21(19(24)27-20)17(23)13-10-14-8-11-16(12-9-14)22(25)26/h3-13,18H,1-2H3/b13-10+/t18-/m1/s1. The summed E-state index contributed by atoms with van der Waals surface area (Å²) in [5.74, 6) is -0.516. The molecule has 2 aromatic rings. The zero-order valence-corrected chi connectivity index (χ0v) is 14.9. The van der Waals surface area contributed by atoms with Crippen molar-refractivity contribution in [3.8, 4) is 0 Å². The maximum atomic E-state index is 12.7. The average molecular weight is 366 g/mol. The molecule has 1 atom stereocenters.